The van der Waals surface area contributed by atoms with Crippen LogP contribution in [0.25, 0.3) is 11.5 Å². The number of aromatic nitrogens is 1. The molecule has 1 aromatic heterocycles. The quantitative estimate of drug-likeness (QED) is 0.502. The van der Waals surface area contributed by atoms with E-state index in [1.54, 1.807) is 13.2 Å². The van der Waals surface area contributed by atoms with Crippen LogP contribution >= 0.6 is 11.6 Å². The van der Waals surface area contributed by atoms with Crippen molar-refractivity contribution in [1.82, 2.24) is 9.88 Å². The number of methoxy groups -OCH3 is 1. The topological polar surface area (TPSA) is 57.0 Å². The Morgan fingerprint density at radius 1 is 1.16 bits per heavy atom. The van der Waals surface area contributed by atoms with Crippen molar-refractivity contribution in [1.29, 1.82) is 0 Å². The first kappa shape index (κ1) is 20.2. The lowest BCUT2D eigenvalue weighted by Gasteiger charge is -2.35. The maximum absolute atomic E-state index is 6.47. The Kier molecular flexibility index (Phi) is 5.50. The van der Waals surface area contributed by atoms with Crippen LogP contribution in [0.5, 0.6) is 17.2 Å². The van der Waals surface area contributed by atoms with Gasteiger partial charge in [-0.2, -0.15) is 0 Å². The smallest absolute Gasteiger partial charge is 0.231 e. The van der Waals surface area contributed by atoms with Gasteiger partial charge < -0.3 is 18.6 Å². The minimum Gasteiger partial charge on any atom is -0.497 e. The molecule has 3 heterocycles. The number of hydrogen-bond donors (Lipinski definition) is 0. The van der Waals surface area contributed by atoms with Crippen LogP contribution in [-0.4, -0.2) is 30.3 Å². The molecule has 0 aliphatic carbocycles. The van der Waals surface area contributed by atoms with E-state index in [0.717, 1.165) is 36.7 Å². The number of rotatable bonds is 5. The molecule has 0 N–H and O–H groups in total. The molecule has 2 aliphatic heterocycles. The molecule has 0 radical (unpaired) electrons. The van der Waals surface area contributed by atoms with Crippen LogP contribution in [0.4, 0.5) is 0 Å². The largest absolute Gasteiger partial charge is 0.497 e. The third-order valence-corrected chi connectivity index (χ3v) is 6.34. The Bertz CT molecular complexity index is 1100. The number of fused-ring (bicyclic) bond motifs is 1. The summed E-state index contributed by atoms with van der Waals surface area (Å²) in [6.07, 6.45) is 3.51. The van der Waals surface area contributed by atoms with Crippen LogP contribution in [0.3, 0.4) is 0 Å². The van der Waals surface area contributed by atoms with E-state index in [0.29, 0.717) is 34.0 Å². The molecule has 31 heavy (non-hydrogen) atoms. The number of hydrogen-bond acceptors (Lipinski definition) is 6. The van der Waals surface area contributed by atoms with Crippen LogP contribution in [-0.2, 0) is 6.54 Å². The molecule has 0 amide bonds. The average molecular weight is 441 g/mol. The predicted molar refractivity (Wildman–Crippen MR) is 118 cm³/mol. The molecule has 2 aromatic carbocycles. The first-order valence-corrected chi connectivity index (χ1v) is 10.9. The summed E-state index contributed by atoms with van der Waals surface area (Å²) in [5.74, 6) is 3.50. The van der Waals surface area contributed by atoms with Crippen LogP contribution in [0, 0.1) is 6.92 Å². The van der Waals surface area contributed by atoms with Gasteiger partial charge in [-0.15, -0.1) is 0 Å². The molecule has 2 aliphatic rings. The standard InChI is InChI=1S/C24H25ClN2O4/c1-15-20(26-24(31-15)18-11-22-23(12-19(18)25)30-14-29-22)13-27-9-4-3-8-21(27)16-6-5-7-17(10-16)28-2/h5-7,10-12,21H,3-4,8-9,13-14H2,1-2H3/t21-/m1/s1. The zero-order valence-corrected chi connectivity index (χ0v) is 18.4. The van der Waals surface area contributed by atoms with Crippen LogP contribution in [0.1, 0.15) is 42.3 Å². The molecule has 0 spiro atoms. The van der Waals surface area contributed by atoms with Crippen molar-refractivity contribution in [2.45, 2.75) is 38.8 Å². The number of likely N-dealkylation sites (tertiary alicyclic amines) is 1. The molecule has 0 unspecified atom stereocenters. The first-order valence-electron chi connectivity index (χ1n) is 10.6. The minimum absolute atomic E-state index is 0.200. The Morgan fingerprint density at radius 2 is 2.00 bits per heavy atom. The zero-order valence-electron chi connectivity index (χ0n) is 17.7. The van der Waals surface area contributed by atoms with Gasteiger partial charge in [0.05, 0.1) is 23.4 Å². The summed E-state index contributed by atoms with van der Waals surface area (Å²) in [5.41, 5.74) is 2.92. The molecule has 162 valence electrons. The van der Waals surface area contributed by atoms with Gasteiger partial charge in [-0.3, -0.25) is 4.90 Å². The Hall–Kier alpha value is -2.70. The third-order valence-electron chi connectivity index (χ3n) is 6.03. The van der Waals surface area contributed by atoms with Gasteiger partial charge in [0.2, 0.25) is 12.7 Å². The molecule has 0 bridgehead atoms. The molecular weight excluding hydrogens is 416 g/mol. The maximum Gasteiger partial charge on any atom is 0.231 e. The molecule has 6 nitrogen and oxygen atoms in total. The molecule has 7 heteroatoms. The molecule has 1 atom stereocenters. The number of nitrogens with zero attached hydrogens (tertiary/aromatic N) is 2. The minimum atomic E-state index is 0.200. The lowest BCUT2D eigenvalue weighted by Crippen LogP contribution is -2.33. The van der Waals surface area contributed by atoms with Gasteiger partial charge in [0, 0.05) is 18.7 Å². The summed E-state index contributed by atoms with van der Waals surface area (Å²) in [6.45, 7) is 3.90. The Labute approximate surface area is 186 Å². The number of halogens is 1. The highest BCUT2D eigenvalue weighted by atomic mass is 35.5. The fourth-order valence-corrected chi connectivity index (χ4v) is 4.60. The summed E-state index contributed by atoms with van der Waals surface area (Å²) >= 11 is 6.47. The summed E-state index contributed by atoms with van der Waals surface area (Å²) in [7, 11) is 1.71. The SMILES string of the molecule is COc1cccc([C@H]2CCCCN2Cc2nc(-c3cc4c(cc3Cl)OCO4)oc2C)c1. The molecule has 1 saturated heterocycles. The summed E-state index contributed by atoms with van der Waals surface area (Å²) in [6, 6.07) is 12.3. The second-order valence-electron chi connectivity index (χ2n) is 7.97. The number of aryl methyl sites for hydroxylation is 1. The zero-order chi connectivity index (χ0) is 21.4. The second kappa shape index (κ2) is 8.44. The maximum atomic E-state index is 6.47. The van der Waals surface area contributed by atoms with Crippen LogP contribution in [0.2, 0.25) is 5.02 Å². The molecule has 5 rings (SSSR count). The number of ether oxygens (including phenoxy) is 3. The molecular formula is C24H25ClN2O4. The lowest BCUT2D eigenvalue weighted by molar-refractivity contribution is 0.138. The van der Waals surface area contributed by atoms with Gasteiger partial charge in [-0.05, 0) is 50.1 Å². The van der Waals surface area contributed by atoms with E-state index < -0.39 is 0 Å². The molecule has 0 saturated carbocycles. The third kappa shape index (κ3) is 3.98. The van der Waals surface area contributed by atoms with E-state index in [9.17, 15) is 0 Å². The van der Waals surface area contributed by atoms with Crippen molar-refractivity contribution in [2.75, 3.05) is 20.4 Å². The highest BCUT2D eigenvalue weighted by molar-refractivity contribution is 6.33. The summed E-state index contributed by atoms with van der Waals surface area (Å²) in [5, 5.41) is 0.532. The van der Waals surface area contributed by atoms with Crippen LogP contribution < -0.4 is 14.2 Å². The molecule has 1 fully saturated rings. The van der Waals surface area contributed by atoms with E-state index in [1.807, 2.05) is 19.1 Å². The van der Waals surface area contributed by atoms with Crippen LogP contribution in [0.15, 0.2) is 40.8 Å². The van der Waals surface area contributed by atoms with Gasteiger partial charge in [0.1, 0.15) is 11.5 Å². The number of oxazole rings is 1. The summed E-state index contributed by atoms with van der Waals surface area (Å²) in [4.78, 5) is 7.29. The Morgan fingerprint density at radius 3 is 2.84 bits per heavy atom. The molecule has 3 aromatic rings. The van der Waals surface area contributed by atoms with Crippen molar-refractivity contribution >= 4 is 11.6 Å². The van der Waals surface area contributed by atoms with Gasteiger partial charge >= 0.3 is 0 Å². The highest BCUT2D eigenvalue weighted by Gasteiger charge is 2.27. The fraction of sp³-hybridized carbons (Fsp3) is 0.375. The first-order chi connectivity index (χ1) is 15.1. The second-order valence-corrected chi connectivity index (χ2v) is 8.37. The van der Waals surface area contributed by atoms with E-state index >= 15 is 0 Å². The van der Waals surface area contributed by atoms with E-state index in [4.69, 9.17) is 35.2 Å². The normalized spacial score (nSPS) is 18.4. The predicted octanol–water partition coefficient (Wildman–Crippen LogP) is 5.77. The number of piperidine rings is 1. The summed E-state index contributed by atoms with van der Waals surface area (Å²) < 4.78 is 22.3. The fourth-order valence-electron chi connectivity index (χ4n) is 4.37. The van der Waals surface area contributed by atoms with Crippen molar-refractivity contribution < 1.29 is 18.6 Å². The average Bonchev–Trinajstić information content (AvgIpc) is 3.39. The van der Waals surface area contributed by atoms with Crippen molar-refractivity contribution in [2.24, 2.45) is 0 Å². The number of benzene rings is 2. The highest BCUT2D eigenvalue weighted by Crippen LogP contribution is 2.41. The lowest BCUT2D eigenvalue weighted by atomic mass is 9.95. The van der Waals surface area contributed by atoms with Crippen molar-refractivity contribution in [3.05, 3.63) is 58.4 Å². The van der Waals surface area contributed by atoms with Gasteiger partial charge in [0.25, 0.3) is 0 Å². The van der Waals surface area contributed by atoms with Crippen molar-refractivity contribution in [3.8, 4) is 28.7 Å². The van der Waals surface area contributed by atoms with Gasteiger partial charge in [0.15, 0.2) is 11.5 Å². The van der Waals surface area contributed by atoms with Gasteiger partial charge in [-0.1, -0.05) is 30.2 Å². The van der Waals surface area contributed by atoms with E-state index in [1.165, 1.54) is 18.4 Å². The monoisotopic (exact) mass is 440 g/mol. The van der Waals surface area contributed by atoms with E-state index in [2.05, 4.69) is 23.1 Å². The Balaban J connectivity index is 1.41. The van der Waals surface area contributed by atoms with Crippen molar-refractivity contribution in [3.63, 3.8) is 0 Å². The van der Waals surface area contributed by atoms with E-state index in [-0.39, 0.29) is 6.79 Å². The van der Waals surface area contributed by atoms with Gasteiger partial charge in [-0.25, -0.2) is 4.98 Å².